The topological polar surface area (TPSA) is 106 Å². The molecule has 2 heterocycles. The van der Waals surface area contributed by atoms with E-state index in [2.05, 4.69) is 20.9 Å². The van der Waals surface area contributed by atoms with Crippen LogP contribution in [0.2, 0.25) is 0 Å². The van der Waals surface area contributed by atoms with Crippen molar-refractivity contribution in [1.29, 1.82) is 0 Å². The average Bonchev–Trinajstić information content (AvgIpc) is 3.52. The van der Waals surface area contributed by atoms with Crippen molar-refractivity contribution >= 4 is 29.2 Å². The largest absolute Gasteiger partial charge is 0.390 e. The minimum absolute atomic E-state index is 0.117. The molecule has 35 heavy (non-hydrogen) atoms. The molecule has 0 radical (unpaired) electrons. The van der Waals surface area contributed by atoms with Crippen LogP contribution in [0.1, 0.15) is 40.2 Å². The fourth-order valence-corrected chi connectivity index (χ4v) is 4.31. The Morgan fingerprint density at radius 3 is 2.77 bits per heavy atom. The molecule has 0 saturated heterocycles. The number of amides is 2. The van der Waals surface area contributed by atoms with Crippen molar-refractivity contribution in [3.63, 3.8) is 0 Å². The van der Waals surface area contributed by atoms with Gasteiger partial charge in [-0.25, -0.2) is 4.39 Å². The van der Waals surface area contributed by atoms with E-state index in [4.69, 9.17) is 0 Å². The third kappa shape index (κ3) is 5.03. The highest BCUT2D eigenvalue weighted by Gasteiger charge is 2.28. The van der Waals surface area contributed by atoms with Gasteiger partial charge in [-0.2, -0.15) is 0 Å². The molecule has 8 heteroatoms. The Bertz CT molecular complexity index is 1330. The molecule has 5 rings (SSSR count). The first-order valence-corrected chi connectivity index (χ1v) is 11.7. The lowest BCUT2D eigenvalue weighted by atomic mass is 9.94. The van der Waals surface area contributed by atoms with Crippen LogP contribution in [0.25, 0.3) is 22.8 Å². The highest BCUT2D eigenvalue weighted by atomic mass is 19.1. The van der Waals surface area contributed by atoms with Gasteiger partial charge in [-0.1, -0.05) is 24.3 Å². The van der Waals surface area contributed by atoms with E-state index in [0.29, 0.717) is 51.8 Å². The summed E-state index contributed by atoms with van der Waals surface area (Å²) in [5.74, 6) is -1.01. The van der Waals surface area contributed by atoms with Crippen molar-refractivity contribution < 1.29 is 19.1 Å². The van der Waals surface area contributed by atoms with Crippen LogP contribution in [-0.4, -0.2) is 47.1 Å². The van der Waals surface area contributed by atoms with Crippen LogP contribution in [-0.2, 0) is 4.79 Å². The van der Waals surface area contributed by atoms with Gasteiger partial charge in [0.15, 0.2) is 0 Å². The second-order valence-corrected chi connectivity index (χ2v) is 9.08. The summed E-state index contributed by atoms with van der Waals surface area (Å²) in [6.07, 6.45) is 3.20. The smallest absolute Gasteiger partial charge is 0.256 e. The number of aromatic nitrogens is 1. The zero-order valence-electron chi connectivity index (χ0n) is 19.3. The van der Waals surface area contributed by atoms with Crippen molar-refractivity contribution in [3.05, 3.63) is 76.9 Å². The number of hydrogen-bond donors (Lipinski definition) is 5. The van der Waals surface area contributed by atoms with Gasteiger partial charge >= 0.3 is 0 Å². The van der Waals surface area contributed by atoms with E-state index < -0.39 is 6.10 Å². The standard InChI is InChI=1S/C27H27FN4O3/c1-15-10-21(26(34)30-14-19(33)13-29-18-8-9-18)24(31-15)12-22-25-20(16-4-2-5-17(28)11-16)6-3-7-23(25)32-27(22)35/h2-7,10-12,18-19,29,31,33H,8-9,13-14H2,1H3,(H,30,34)(H,32,35). The van der Waals surface area contributed by atoms with Crippen LogP contribution < -0.4 is 16.0 Å². The third-order valence-electron chi connectivity index (χ3n) is 6.20. The quantitative estimate of drug-likeness (QED) is 0.322. The summed E-state index contributed by atoms with van der Waals surface area (Å²) in [5, 5.41) is 19.0. The van der Waals surface area contributed by atoms with E-state index >= 15 is 0 Å². The fraction of sp³-hybridized carbons (Fsp3) is 0.259. The molecule has 3 aromatic rings. The van der Waals surface area contributed by atoms with E-state index in [1.54, 1.807) is 30.3 Å². The van der Waals surface area contributed by atoms with Gasteiger partial charge in [0.05, 0.1) is 22.9 Å². The summed E-state index contributed by atoms with van der Waals surface area (Å²) in [5.41, 5.74) is 4.65. The number of fused-ring (bicyclic) bond motifs is 1. The van der Waals surface area contributed by atoms with E-state index in [1.807, 2.05) is 19.1 Å². The molecule has 5 N–H and O–H groups in total. The minimum Gasteiger partial charge on any atom is -0.390 e. The summed E-state index contributed by atoms with van der Waals surface area (Å²) >= 11 is 0. The van der Waals surface area contributed by atoms with Crippen LogP contribution >= 0.6 is 0 Å². The average molecular weight is 475 g/mol. The Morgan fingerprint density at radius 2 is 2.00 bits per heavy atom. The van der Waals surface area contributed by atoms with Gasteiger partial charge in [0.1, 0.15) is 5.82 Å². The maximum absolute atomic E-state index is 13.9. The maximum atomic E-state index is 13.9. The van der Waals surface area contributed by atoms with Crippen LogP contribution in [0.15, 0.2) is 48.5 Å². The van der Waals surface area contributed by atoms with Gasteiger partial charge in [-0.3, -0.25) is 9.59 Å². The zero-order valence-corrected chi connectivity index (χ0v) is 19.3. The molecule has 7 nitrogen and oxygen atoms in total. The van der Waals surface area contributed by atoms with Crippen molar-refractivity contribution in [2.45, 2.75) is 31.9 Å². The highest BCUT2D eigenvalue weighted by molar-refractivity contribution is 6.36. The second kappa shape index (κ2) is 9.48. The number of aromatic amines is 1. The predicted octanol–water partition coefficient (Wildman–Crippen LogP) is 3.46. The Morgan fingerprint density at radius 1 is 1.20 bits per heavy atom. The lowest BCUT2D eigenvalue weighted by Gasteiger charge is -2.12. The number of anilines is 1. The number of aryl methyl sites for hydroxylation is 1. The van der Waals surface area contributed by atoms with Crippen molar-refractivity contribution in [2.24, 2.45) is 0 Å². The van der Waals surface area contributed by atoms with Gasteiger partial charge < -0.3 is 26.0 Å². The molecule has 1 saturated carbocycles. The van der Waals surface area contributed by atoms with Crippen molar-refractivity contribution in [2.75, 3.05) is 18.4 Å². The zero-order chi connectivity index (χ0) is 24.5. The third-order valence-corrected chi connectivity index (χ3v) is 6.20. The number of nitrogens with one attached hydrogen (secondary N) is 4. The molecule has 2 amide bonds. The number of benzene rings is 2. The Hall–Kier alpha value is -3.75. The second-order valence-electron chi connectivity index (χ2n) is 9.08. The maximum Gasteiger partial charge on any atom is 0.256 e. The van der Waals surface area contributed by atoms with Crippen LogP contribution in [0.4, 0.5) is 10.1 Å². The van der Waals surface area contributed by atoms with Gasteiger partial charge in [0.2, 0.25) is 0 Å². The number of carbonyl (C=O) groups is 2. The lowest BCUT2D eigenvalue weighted by molar-refractivity contribution is -0.110. The van der Waals surface area contributed by atoms with E-state index in [1.165, 1.54) is 12.1 Å². The van der Waals surface area contributed by atoms with Crippen molar-refractivity contribution in [3.8, 4) is 11.1 Å². The van der Waals surface area contributed by atoms with E-state index in [9.17, 15) is 19.1 Å². The number of rotatable bonds is 8. The molecule has 0 spiro atoms. The molecule has 0 bridgehead atoms. The molecule has 2 aliphatic rings. The molecule has 180 valence electrons. The predicted molar refractivity (Wildman–Crippen MR) is 133 cm³/mol. The van der Waals surface area contributed by atoms with Gasteiger partial charge in [-0.15, -0.1) is 0 Å². The van der Waals surface area contributed by atoms with Crippen molar-refractivity contribution in [1.82, 2.24) is 15.6 Å². The molecule has 1 aliphatic heterocycles. The van der Waals surface area contributed by atoms with Crippen LogP contribution in [0, 0.1) is 12.7 Å². The Balaban J connectivity index is 1.43. The first kappa shape index (κ1) is 23.0. The van der Waals surface area contributed by atoms with Gasteiger partial charge in [-0.05, 0) is 61.2 Å². The molecule has 1 atom stereocenters. The summed E-state index contributed by atoms with van der Waals surface area (Å²) < 4.78 is 13.9. The number of aliphatic hydroxyl groups is 1. The monoisotopic (exact) mass is 474 g/mol. The van der Waals surface area contributed by atoms with Gasteiger partial charge in [0.25, 0.3) is 11.8 Å². The fourth-order valence-electron chi connectivity index (χ4n) is 4.31. The van der Waals surface area contributed by atoms with Crippen LogP contribution in [0.5, 0.6) is 0 Å². The van der Waals surface area contributed by atoms with E-state index in [0.717, 1.165) is 18.5 Å². The first-order chi connectivity index (χ1) is 16.9. The summed E-state index contributed by atoms with van der Waals surface area (Å²) in [4.78, 5) is 29.0. The molecule has 1 fully saturated rings. The van der Waals surface area contributed by atoms with Gasteiger partial charge in [0, 0.05) is 36.1 Å². The molecular formula is C27H27FN4O3. The highest BCUT2D eigenvalue weighted by Crippen LogP contribution is 2.40. The molecule has 2 aromatic carbocycles. The molecule has 1 unspecified atom stereocenters. The molecule has 1 aliphatic carbocycles. The molecular weight excluding hydrogens is 447 g/mol. The lowest BCUT2D eigenvalue weighted by Crippen LogP contribution is -2.38. The van der Waals surface area contributed by atoms with Crippen LogP contribution in [0.3, 0.4) is 0 Å². The number of hydrogen-bond acceptors (Lipinski definition) is 4. The number of H-pyrrole nitrogens is 1. The summed E-state index contributed by atoms with van der Waals surface area (Å²) in [6.45, 7) is 2.37. The first-order valence-electron chi connectivity index (χ1n) is 11.7. The summed E-state index contributed by atoms with van der Waals surface area (Å²) in [6, 6.07) is 13.8. The Labute approximate surface area is 202 Å². The minimum atomic E-state index is -0.692. The van der Waals surface area contributed by atoms with E-state index in [-0.39, 0.29) is 24.2 Å². The SMILES string of the molecule is Cc1cc(C(=O)NCC(O)CNC2CC2)c(C=C2C(=O)Nc3cccc(-c4cccc(F)c4)c32)[nH]1. The summed E-state index contributed by atoms with van der Waals surface area (Å²) in [7, 11) is 0. The Kier molecular flexibility index (Phi) is 6.23. The number of aliphatic hydroxyl groups excluding tert-OH is 1. The molecule has 1 aromatic heterocycles. The number of carbonyl (C=O) groups excluding carboxylic acids is 2. The normalized spacial score (nSPS) is 16.8. The number of halogens is 1.